The van der Waals surface area contributed by atoms with E-state index in [4.69, 9.17) is 13.7 Å². The summed E-state index contributed by atoms with van der Waals surface area (Å²) in [5.41, 5.74) is 3.38. The summed E-state index contributed by atoms with van der Waals surface area (Å²) < 4.78 is 17.1. The third kappa shape index (κ3) is 9.53. The number of hydrogen-bond donors (Lipinski definition) is 0. The minimum Gasteiger partial charge on any atom is -0.443 e. The first-order valence-corrected chi connectivity index (χ1v) is 12.7. The summed E-state index contributed by atoms with van der Waals surface area (Å²) in [6.45, 7) is 12.4. The Morgan fingerprint density at radius 2 is 1.50 bits per heavy atom. The van der Waals surface area contributed by atoms with Gasteiger partial charge in [-0.15, -0.1) is 0 Å². The third-order valence-corrected chi connectivity index (χ3v) is 5.82. The highest BCUT2D eigenvalue weighted by Crippen LogP contribution is 2.23. The number of carbonyl (C=O) groups excluding carboxylic acids is 1. The monoisotopic (exact) mass is 485 g/mol. The molecule has 2 rings (SSSR count). The van der Waals surface area contributed by atoms with Crippen molar-refractivity contribution in [1.29, 1.82) is 0 Å². The Morgan fingerprint density at radius 3 is 2.00 bits per heavy atom. The Kier molecular flexibility index (Phi) is 10.2. The Morgan fingerprint density at radius 1 is 0.971 bits per heavy atom. The zero-order valence-corrected chi connectivity index (χ0v) is 22.6. The van der Waals surface area contributed by atoms with E-state index in [1.165, 1.54) is 16.9 Å². The van der Waals surface area contributed by atoms with E-state index in [0.717, 1.165) is 28.8 Å². The number of anilines is 1. The number of rotatable bonds is 10. The van der Waals surface area contributed by atoms with Gasteiger partial charge in [0.1, 0.15) is 5.60 Å². The van der Waals surface area contributed by atoms with Crippen LogP contribution in [0.25, 0.3) is 12.2 Å². The SMILES string of the molecule is CSOC(C)(C)CCOC(C)c1ccc(/C=C/c2ccc(N(C)C(=O)OC(C)(C)C)cc2)cc1. The number of hydrogen-bond acceptors (Lipinski definition) is 5. The largest absolute Gasteiger partial charge is 0.443 e. The molecule has 0 radical (unpaired) electrons. The molecule has 0 heterocycles. The molecule has 6 heteroatoms. The molecule has 0 N–H and O–H groups in total. The fourth-order valence-corrected chi connectivity index (χ4v) is 3.69. The van der Waals surface area contributed by atoms with Crippen molar-refractivity contribution < 1.29 is 18.5 Å². The van der Waals surface area contributed by atoms with Gasteiger partial charge >= 0.3 is 6.09 Å². The van der Waals surface area contributed by atoms with Gasteiger partial charge in [-0.3, -0.25) is 4.90 Å². The van der Waals surface area contributed by atoms with E-state index < -0.39 is 5.60 Å². The summed E-state index contributed by atoms with van der Waals surface area (Å²) in [7, 11) is 1.71. The molecule has 0 aliphatic heterocycles. The fourth-order valence-electron chi connectivity index (χ4n) is 3.16. The van der Waals surface area contributed by atoms with Crippen LogP contribution in [-0.2, 0) is 13.7 Å². The van der Waals surface area contributed by atoms with Gasteiger partial charge < -0.3 is 13.7 Å². The average molecular weight is 486 g/mol. The third-order valence-electron chi connectivity index (χ3n) is 5.20. The summed E-state index contributed by atoms with van der Waals surface area (Å²) in [4.78, 5) is 13.7. The smallest absolute Gasteiger partial charge is 0.414 e. The molecule has 0 bridgehead atoms. The minimum absolute atomic E-state index is 0.0256. The maximum absolute atomic E-state index is 12.2. The van der Waals surface area contributed by atoms with Crippen LogP contribution in [0, 0.1) is 0 Å². The van der Waals surface area contributed by atoms with Gasteiger partial charge in [0.25, 0.3) is 0 Å². The minimum atomic E-state index is -0.521. The van der Waals surface area contributed by atoms with Crippen LogP contribution in [0.2, 0.25) is 0 Å². The molecule has 5 nitrogen and oxygen atoms in total. The summed E-state index contributed by atoms with van der Waals surface area (Å²) in [6, 6.07) is 16.2. The van der Waals surface area contributed by atoms with Crippen LogP contribution in [0.15, 0.2) is 48.5 Å². The second-order valence-corrected chi connectivity index (χ2v) is 10.4. The van der Waals surface area contributed by atoms with Gasteiger partial charge in [0, 0.05) is 25.4 Å². The first-order valence-electron chi connectivity index (χ1n) is 11.6. The van der Waals surface area contributed by atoms with Gasteiger partial charge in [-0.1, -0.05) is 48.6 Å². The first kappa shape index (κ1) is 28.0. The van der Waals surface area contributed by atoms with Crippen LogP contribution in [0.3, 0.4) is 0 Å². The fraction of sp³-hybridized carbons (Fsp3) is 0.464. The lowest BCUT2D eigenvalue weighted by Crippen LogP contribution is -2.34. The summed E-state index contributed by atoms with van der Waals surface area (Å²) in [6.07, 6.45) is 6.56. The molecule has 0 saturated carbocycles. The maximum atomic E-state index is 12.2. The van der Waals surface area contributed by atoms with Gasteiger partial charge in [0.2, 0.25) is 0 Å². The molecular weight excluding hydrogens is 446 g/mol. The highest BCUT2D eigenvalue weighted by atomic mass is 32.2. The van der Waals surface area contributed by atoms with Crippen LogP contribution in [0.1, 0.15) is 70.8 Å². The Labute approximate surface area is 209 Å². The maximum Gasteiger partial charge on any atom is 0.414 e. The zero-order valence-electron chi connectivity index (χ0n) is 21.8. The van der Waals surface area contributed by atoms with Gasteiger partial charge in [-0.05, 0) is 82.4 Å². The molecule has 2 aromatic carbocycles. The molecule has 0 saturated heterocycles. The molecule has 186 valence electrons. The lowest BCUT2D eigenvalue weighted by atomic mass is 10.1. The van der Waals surface area contributed by atoms with E-state index in [-0.39, 0.29) is 17.8 Å². The van der Waals surface area contributed by atoms with Gasteiger partial charge in [0.05, 0.1) is 18.3 Å². The van der Waals surface area contributed by atoms with Crippen LogP contribution in [0.4, 0.5) is 10.5 Å². The number of ether oxygens (including phenoxy) is 2. The van der Waals surface area contributed by atoms with Crippen molar-refractivity contribution in [2.45, 2.75) is 65.3 Å². The summed E-state index contributed by atoms with van der Waals surface area (Å²) in [5, 5.41) is 0. The van der Waals surface area contributed by atoms with Crippen molar-refractivity contribution in [1.82, 2.24) is 0 Å². The van der Waals surface area contributed by atoms with E-state index >= 15 is 0 Å². The zero-order chi connectivity index (χ0) is 25.4. The van der Waals surface area contributed by atoms with E-state index in [0.29, 0.717) is 6.61 Å². The highest BCUT2D eigenvalue weighted by molar-refractivity contribution is 7.93. The van der Waals surface area contributed by atoms with Gasteiger partial charge in [-0.2, -0.15) is 0 Å². The number of carbonyl (C=O) groups is 1. The average Bonchev–Trinajstić information content (AvgIpc) is 2.76. The second-order valence-electron chi connectivity index (χ2n) is 9.90. The lowest BCUT2D eigenvalue weighted by Gasteiger charge is -2.24. The highest BCUT2D eigenvalue weighted by Gasteiger charge is 2.20. The van der Waals surface area contributed by atoms with Crippen molar-refractivity contribution in [3.05, 3.63) is 65.2 Å². The molecule has 0 aliphatic carbocycles. The van der Waals surface area contributed by atoms with Gasteiger partial charge in [-0.25, -0.2) is 4.79 Å². The van der Waals surface area contributed by atoms with Crippen LogP contribution in [0.5, 0.6) is 0 Å². The molecule has 0 fully saturated rings. The Hall–Kier alpha value is -2.28. The Bertz CT molecular complexity index is 930. The first-order chi connectivity index (χ1) is 15.9. The molecule has 0 spiro atoms. The topological polar surface area (TPSA) is 48.0 Å². The molecule has 0 aromatic heterocycles. The second kappa shape index (κ2) is 12.4. The predicted molar refractivity (Wildman–Crippen MR) is 144 cm³/mol. The van der Waals surface area contributed by atoms with Crippen molar-refractivity contribution >= 4 is 36.0 Å². The summed E-state index contributed by atoms with van der Waals surface area (Å²) in [5.74, 6) is 0. The molecule has 1 unspecified atom stereocenters. The molecule has 1 amide bonds. The molecule has 34 heavy (non-hydrogen) atoms. The van der Waals surface area contributed by atoms with E-state index in [9.17, 15) is 4.79 Å². The van der Waals surface area contributed by atoms with Crippen molar-refractivity contribution in [2.24, 2.45) is 0 Å². The summed E-state index contributed by atoms with van der Waals surface area (Å²) >= 11 is 1.39. The Balaban J connectivity index is 1.90. The van der Waals surface area contributed by atoms with Crippen LogP contribution >= 0.6 is 12.0 Å². The van der Waals surface area contributed by atoms with Crippen molar-refractivity contribution in [3.8, 4) is 0 Å². The van der Waals surface area contributed by atoms with Crippen LogP contribution < -0.4 is 4.90 Å². The van der Waals surface area contributed by atoms with E-state index in [1.54, 1.807) is 7.05 Å². The molecule has 0 aliphatic rings. The van der Waals surface area contributed by atoms with Crippen molar-refractivity contribution in [3.63, 3.8) is 0 Å². The van der Waals surface area contributed by atoms with E-state index in [1.807, 2.05) is 51.3 Å². The number of benzene rings is 2. The quantitative estimate of drug-likeness (QED) is 0.254. The number of amides is 1. The molecular formula is C28H39NO4S. The van der Waals surface area contributed by atoms with Crippen LogP contribution in [-0.4, -0.2) is 37.2 Å². The van der Waals surface area contributed by atoms with E-state index in [2.05, 4.69) is 57.2 Å². The lowest BCUT2D eigenvalue weighted by molar-refractivity contribution is 0.0236. The number of nitrogens with zero attached hydrogens (tertiary/aromatic N) is 1. The normalized spacial score (nSPS) is 13.2. The standard InChI is InChI=1S/C28H39NO4S/c1-21(31-20-19-28(5,6)33-34-8)24-15-11-22(12-16-24)9-10-23-13-17-25(18-14-23)29(7)26(30)32-27(2,3)4/h9-18,21H,19-20H2,1-8H3/b10-9+. The molecule has 1 atom stereocenters. The van der Waals surface area contributed by atoms with Gasteiger partial charge in [0.15, 0.2) is 0 Å². The van der Waals surface area contributed by atoms with Crippen molar-refractivity contribution in [2.75, 3.05) is 24.8 Å². The molecule has 2 aromatic rings. The predicted octanol–water partition coefficient (Wildman–Crippen LogP) is 7.77.